The first-order chi connectivity index (χ1) is 11.6. The van der Waals surface area contributed by atoms with E-state index in [-0.39, 0.29) is 5.75 Å². The monoisotopic (exact) mass is 327 g/mol. The van der Waals surface area contributed by atoms with Crippen LogP contribution in [0.2, 0.25) is 0 Å². The second kappa shape index (κ2) is 5.85. The predicted molar refractivity (Wildman–Crippen MR) is 93.2 cm³/mol. The highest BCUT2D eigenvalue weighted by atomic mass is 16.5. The molecule has 3 aliphatic rings. The van der Waals surface area contributed by atoms with E-state index in [1.54, 1.807) is 19.8 Å². The molecule has 2 aliphatic heterocycles. The first-order valence-electron chi connectivity index (χ1n) is 8.71. The Morgan fingerprint density at radius 1 is 1.12 bits per heavy atom. The normalized spacial score (nSPS) is 26.2. The van der Waals surface area contributed by atoms with Crippen LogP contribution in [0.3, 0.4) is 0 Å². The number of phenols is 1. The van der Waals surface area contributed by atoms with Crippen LogP contribution in [0, 0.1) is 0 Å². The van der Waals surface area contributed by atoms with Crippen molar-refractivity contribution in [2.75, 3.05) is 20.8 Å². The van der Waals surface area contributed by atoms with E-state index >= 15 is 0 Å². The maximum Gasteiger partial charge on any atom is 0.160 e. The van der Waals surface area contributed by atoms with Gasteiger partial charge in [0.25, 0.3) is 0 Å². The number of ether oxygens (including phenoxy) is 2. The summed E-state index contributed by atoms with van der Waals surface area (Å²) in [5.74, 6) is 1.90. The molecular weight excluding hydrogens is 302 g/mol. The second-order valence-corrected chi connectivity index (χ2v) is 7.11. The summed E-state index contributed by atoms with van der Waals surface area (Å²) in [7, 11) is 3.37. The predicted octanol–water partition coefficient (Wildman–Crippen LogP) is 3.71. The van der Waals surface area contributed by atoms with Gasteiger partial charge in [-0.15, -0.1) is 0 Å². The molecule has 1 N–H and O–H groups in total. The summed E-state index contributed by atoms with van der Waals surface area (Å²) in [6.07, 6.45) is 6.34. The van der Waals surface area contributed by atoms with Crippen LogP contribution < -0.4 is 4.74 Å². The largest absolute Gasteiger partial charge is 0.504 e. The lowest BCUT2D eigenvalue weighted by Crippen LogP contribution is -2.45. The molecule has 0 aromatic heterocycles. The standard InChI is InChI=1S/C20H25NO3/c1-12-6-15-9-20(24-3)19(22)10-17(15)18-8-14-7-16(23-2)5-4-13(14)11-21(12)18/h7,9-10,12,18,22H,4-6,8,11H2,1-3H3. The zero-order valence-electron chi connectivity index (χ0n) is 14.6. The van der Waals surface area contributed by atoms with Crippen molar-refractivity contribution in [1.82, 2.24) is 4.90 Å². The Balaban J connectivity index is 1.74. The molecule has 1 aromatic rings. The van der Waals surface area contributed by atoms with Gasteiger partial charge in [0.15, 0.2) is 11.5 Å². The lowest BCUT2D eigenvalue weighted by atomic mass is 9.79. The Morgan fingerprint density at radius 2 is 1.96 bits per heavy atom. The first kappa shape index (κ1) is 15.6. The molecule has 2 unspecified atom stereocenters. The molecule has 0 fully saturated rings. The van der Waals surface area contributed by atoms with E-state index in [9.17, 15) is 5.11 Å². The molecule has 1 aliphatic carbocycles. The summed E-state index contributed by atoms with van der Waals surface area (Å²) < 4.78 is 10.8. The molecule has 0 saturated carbocycles. The molecule has 4 rings (SSSR count). The summed E-state index contributed by atoms with van der Waals surface area (Å²) in [6, 6.07) is 4.75. The Morgan fingerprint density at radius 3 is 2.71 bits per heavy atom. The van der Waals surface area contributed by atoms with Crippen LogP contribution in [0.1, 0.15) is 43.4 Å². The van der Waals surface area contributed by atoms with E-state index < -0.39 is 0 Å². The molecule has 4 heteroatoms. The van der Waals surface area contributed by atoms with Crippen molar-refractivity contribution in [3.8, 4) is 11.5 Å². The van der Waals surface area contributed by atoms with Crippen LogP contribution in [0.4, 0.5) is 0 Å². The van der Waals surface area contributed by atoms with Gasteiger partial charge in [-0.1, -0.05) is 5.57 Å². The van der Waals surface area contributed by atoms with E-state index in [4.69, 9.17) is 9.47 Å². The van der Waals surface area contributed by atoms with Gasteiger partial charge < -0.3 is 14.6 Å². The third-order valence-corrected chi connectivity index (χ3v) is 5.79. The number of allylic oxidation sites excluding steroid dienone is 2. The van der Waals surface area contributed by atoms with Gasteiger partial charge in [0.05, 0.1) is 20.0 Å². The SMILES string of the molecule is COC1=CC2=C(CC1)CN1C(C)Cc3cc(OC)c(O)cc3C1C2. The summed E-state index contributed by atoms with van der Waals surface area (Å²) in [5, 5.41) is 10.2. The van der Waals surface area contributed by atoms with E-state index in [0.29, 0.717) is 17.8 Å². The Hall–Kier alpha value is -1.94. The van der Waals surface area contributed by atoms with Crippen LogP contribution in [0.25, 0.3) is 0 Å². The van der Waals surface area contributed by atoms with Gasteiger partial charge in [-0.05, 0) is 61.1 Å². The van der Waals surface area contributed by atoms with E-state index in [1.165, 1.54) is 16.7 Å². The van der Waals surface area contributed by atoms with E-state index in [0.717, 1.165) is 38.0 Å². The smallest absolute Gasteiger partial charge is 0.160 e. The van der Waals surface area contributed by atoms with Gasteiger partial charge >= 0.3 is 0 Å². The lowest BCUT2D eigenvalue weighted by Gasteiger charge is -2.46. The number of nitrogens with zero attached hydrogens (tertiary/aromatic N) is 1. The summed E-state index contributed by atoms with van der Waals surface area (Å²) in [6.45, 7) is 3.33. The maximum absolute atomic E-state index is 10.2. The quantitative estimate of drug-likeness (QED) is 0.899. The maximum atomic E-state index is 10.2. The van der Waals surface area contributed by atoms with E-state index in [2.05, 4.69) is 17.9 Å². The van der Waals surface area contributed by atoms with Gasteiger partial charge in [-0.25, -0.2) is 0 Å². The van der Waals surface area contributed by atoms with Crippen LogP contribution in [0.5, 0.6) is 11.5 Å². The Labute approximate surface area is 143 Å². The highest BCUT2D eigenvalue weighted by Crippen LogP contribution is 2.46. The van der Waals surface area contributed by atoms with Crippen molar-refractivity contribution >= 4 is 0 Å². The second-order valence-electron chi connectivity index (χ2n) is 7.11. The lowest BCUT2D eigenvalue weighted by molar-refractivity contribution is 0.126. The number of benzene rings is 1. The molecule has 128 valence electrons. The fraction of sp³-hybridized carbons (Fsp3) is 0.500. The zero-order valence-corrected chi connectivity index (χ0v) is 14.6. The van der Waals surface area contributed by atoms with Crippen molar-refractivity contribution in [2.45, 2.75) is 44.7 Å². The van der Waals surface area contributed by atoms with Crippen LogP contribution in [-0.4, -0.2) is 36.8 Å². The van der Waals surface area contributed by atoms with Crippen LogP contribution >= 0.6 is 0 Å². The van der Waals surface area contributed by atoms with Gasteiger partial charge in [0.1, 0.15) is 0 Å². The van der Waals surface area contributed by atoms with Crippen LogP contribution in [-0.2, 0) is 11.2 Å². The molecule has 0 saturated heterocycles. The minimum atomic E-state index is 0.238. The summed E-state index contributed by atoms with van der Waals surface area (Å²) in [4.78, 5) is 2.60. The van der Waals surface area contributed by atoms with Crippen LogP contribution in [0.15, 0.2) is 35.1 Å². The highest BCUT2D eigenvalue weighted by molar-refractivity contribution is 5.50. The van der Waals surface area contributed by atoms with Gasteiger partial charge in [-0.3, -0.25) is 4.90 Å². The Bertz CT molecular complexity index is 735. The number of hydrogen-bond acceptors (Lipinski definition) is 4. The average Bonchev–Trinajstić information content (AvgIpc) is 2.60. The molecule has 0 bridgehead atoms. The topological polar surface area (TPSA) is 41.9 Å². The van der Waals surface area contributed by atoms with Gasteiger partial charge in [0.2, 0.25) is 0 Å². The molecule has 0 radical (unpaired) electrons. The number of fused-ring (bicyclic) bond motifs is 3. The number of aromatic hydroxyl groups is 1. The molecule has 0 spiro atoms. The third kappa shape index (κ3) is 2.40. The summed E-state index contributed by atoms with van der Waals surface area (Å²) in [5.41, 5.74) is 5.53. The number of hydrogen-bond donors (Lipinski definition) is 1. The average molecular weight is 327 g/mol. The molecule has 2 atom stereocenters. The van der Waals surface area contributed by atoms with Crippen molar-refractivity contribution in [1.29, 1.82) is 0 Å². The first-order valence-corrected chi connectivity index (χ1v) is 8.71. The highest BCUT2D eigenvalue weighted by Gasteiger charge is 2.37. The Kier molecular flexibility index (Phi) is 3.80. The van der Waals surface area contributed by atoms with Gasteiger partial charge in [0, 0.05) is 25.0 Å². The van der Waals surface area contributed by atoms with Gasteiger partial charge in [-0.2, -0.15) is 0 Å². The molecule has 24 heavy (non-hydrogen) atoms. The third-order valence-electron chi connectivity index (χ3n) is 5.79. The minimum Gasteiger partial charge on any atom is -0.504 e. The van der Waals surface area contributed by atoms with Crippen molar-refractivity contribution in [3.63, 3.8) is 0 Å². The van der Waals surface area contributed by atoms with Crippen molar-refractivity contribution in [3.05, 3.63) is 46.2 Å². The minimum absolute atomic E-state index is 0.238. The zero-order chi connectivity index (χ0) is 16.8. The molecule has 4 nitrogen and oxygen atoms in total. The number of phenolic OH excluding ortho intramolecular Hbond substituents is 1. The fourth-order valence-corrected chi connectivity index (χ4v) is 4.47. The van der Waals surface area contributed by atoms with E-state index in [1.807, 2.05) is 12.1 Å². The molecule has 1 aromatic carbocycles. The molecular formula is C20H25NO3. The van der Waals surface area contributed by atoms with Crippen molar-refractivity contribution < 1.29 is 14.6 Å². The summed E-state index contributed by atoms with van der Waals surface area (Å²) >= 11 is 0. The molecule has 2 heterocycles. The fourth-order valence-electron chi connectivity index (χ4n) is 4.47. The number of methoxy groups -OCH3 is 2. The van der Waals surface area contributed by atoms with Crippen molar-refractivity contribution in [2.24, 2.45) is 0 Å². The number of rotatable bonds is 2. The molecule has 0 amide bonds.